The Bertz CT molecular complexity index is 1200. The summed E-state index contributed by atoms with van der Waals surface area (Å²) >= 11 is 0. The van der Waals surface area contributed by atoms with Gasteiger partial charge in [0.15, 0.2) is 0 Å². The number of nitrogens with one attached hydrogen (secondary N) is 1. The molecule has 2 aromatic carbocycles. The Kier molecular flexibility index (Phi) is 8.50. The molecule has 1 aliphatic heterocycles. The van der Waals surface area contributed by atoms with Crippen LogP contribution in [0.25, 0.3) is 10.9 Å². The van der Waals surface area contributed by atoms with Crippen molar-refractivity contribution in [2.24, 2.45) is 0 Å². The molecule has 0 aliphatic carbocycles. The molecule has 4 rings (SSSR count). The highest BCUT2D eigenvalue weighted by Crippen LogP contribution is 2.15. The summed E-state index contributed by atoms with van der Waals surface area (Å²) in [4.78, 5) is 31.8. The van der Waals surface area contributed by atoms with Gasteiger partial charge in [0.05, 0.1) is 17.2 Å². The van der Waals surface area contributed by atoms with Gasteiger partial charge in [-0.05, 0) is 56.1 Å². The van der Waals surface area contributed by atoms with Crippen molar-refractivity contribution >= 4 is 16.8 Å². The predicted octanol–water partition coefficient (Wildman–Crippen LogP) is 2.90. The molecule has 0 radical (unpaired) electrons. The number of amides is 1. The standard InChI is InChI=1S/C27H34N4O4/c1-20-5-3-8-24-26(20)29-19-31(27(24)33)12-9-25(32)28-18-21-6-4-7-23(17-21)35-16-13-30(2)22-10-14-34-15-11-22/h3-8,17,19,22H,9-16,18H2,1-2H3,(H,28,32). The average Bonchev–Trinajstić information content (AvgIpc) is 2.88. The molecule has 1 fully saturated rings. The van der Waals surface area contributed by atoms with Gasteiger partial charge < -0.3 is 14.8 Å². The van der Waals surface area contributed by atoms with Crippen LogP contribution in [0.4, 0.5) is 0 Å². The van der Waals surface area contributed by atoms with Crippen molar-refractivity contribution in [2.75, 3.05) is 33.4 Å². The van der Waals surface area contributed by atoms with Crippen LogP contribution in [0.15, 0.2) is 53.6 Å². The first-order valence-corrected chi connectivity index (χ1v) is 12.2. The van der Waals surface area contributed by atoms with Crippen molar-refractivity contribution in [3.05, 3.63) is 70.3 Å². The van der Waals surface area contributed by atoms with Gasteiger partial charge in [0.25, 0.3) is 5.56 Å². The second-order valence-corrected chi connectivity index (χ2v) is 9.06. The van der Waals surface area contributed by atoms with Crippen LogP contribution in [0.1, 0.15) is 30.4 Å². The van der Waals surface area contributed by atoms with E-state index >= 15 is 0 Å². The number of ether oxygens (including phenoxy) is 2. The normalized spacial score (nSPS) is 14.4. The third-order valence-corrected chi connectivity index (χ3v) is 6.55. The van der Waals surface area contributed by atoms with Crippen LogP contribution in [0.3, 0.4) is 0 Å². The number of carbonyl (C=O) groups is 1. The van der Waals surface area contributed by atoms with Gasteiger partial charge in [-0.3, -0.25) is 19.1 Å². The van der Waals surface area contributed by atoms with Crippen molar-refractivity contribution in [1.29, 1.82) is 0 Å². The summed E-state index contributed by atoms with van der Waals surface area (Å²) in [5, 5.41) is 3.50. The van der Waals surface area contributed by atoms with Gasteiger partial charge in [-0.25, -0.2) is 4.98 Å². The zero-order chi connectivity index (χ0) is 24.6. The molecule has 0 saturated carbocycles. The van der Waals surface area contributed by atoms with E-state index in [0.29, 0.717) is 30.1 Å². The van der Waals surface area contributed by atoms with Crippen LogP contribution >= 0.6 is 0 Å². The lowest BCUT2D eigenvalue weighted by Crippen LogP contribution is -2.38. The van der Waals surface area contributed by atoms with Gasteiger partial charge in [-0.2, -0.15) is 0 Å². The number of rotatable bonds is 10. The zero-order valence-corrected chi connectivity index (χ0v) is 20.5. The Morgan fingerprint density at radius 1 is 1.23 bits per heavy atom. The topological polar surface area (TPSA) is 85.7 Å². The third-order valence-electron chi connectivity index (χ3n) is 6.55. The fourth-order valence-corrected chi connectivity index (χ4v) is 4.37. The first-order valence-electron chi connectivity index (χ1n) is 12.2. The monoisotopic (exact) mass is 478 g/mol. The first-order chi connectivity index (χ1) is 17.0. The zero-order valence-electron chi connectivity index (χ0n) is 20.5. The summed E-state index contributed by atoms with van der Waals surface area (Å²) < 4.78 is 12.9. The van der Waals surface area contributed by atoms with Gasteiger partial charge in [0.1, 0.15) is 12.4 Å². The van der Waals surface area contributed by atoms with Crippen LogP contribution in [-0.4, -0.2) is 59.8 Å². The largest absolute Gasteiger partial charge is 0.492 e. The molecule has 1 amide bonds. The average molecular weight is 479 g/mol. The van der Waals surface area contributed by atoms with Crippen LogP contribution in [0.2, 0.25) is 0 Å². The lowest BCUT2D eigenvalue weighted by molar-refractivity contribution is -0.121. The molecular formula is C27H34N4O4. The molecule has 0 atom stereocenters. The number of aromatic nitrogens is 2. The Morgan fingerprint density at radius 2 is 2.03 bits per heavy atom. The number of benzene rings is 2. The van der Waals surface area contributed by atoms with Gasteiger partial charge >= 0.3 is 0 Å². The molecule has 1 aromatic heterocycles. The smallest absolute Gasteiger partial charge is 0.261 e. The van der Waals surface area contributed by atoms with E-state index in [4.69, 9.17) is 9.47 Å². The molecule has 186 valence electrons. The summed E-state index contributed by atoms with van der Waals surface area (Å²) in [5.41, 5.74) is 2.50. The SMILES string of the molecule is Cc1cccc2c(=O)n(CCC(=O)NCc3cccc(OCCN(C)C4CCOCC4)c3)cnc12. The van der Waals surface area contributed by atoms with E-state index in [0.717, 1.165) is 49.5 Å². The molecule has 0 bridgehead atoms. The van der Waals surface area contributed by atoms with Crippen LogP contribution in [-0.2, 0) is 22.6 Å². The molecule has 35 heavy (non-hydrogen) atoms. The van der Waals surface area contributed by atoms with Gasteiger partial charge in [-0.1, -0.05) is 24.3 Å². The van der Waals surface area contributed by atoms with E-state index in [1.54, 1.807) is 6.07 Å². The highest BCUT2D eigenvalue weighted by molar-refractivity contribution is 5.80. The van der Waals surface area contributed by atoms with E-state index in [1.165, 1.54) is 10.9 Å². The minimum absolute atomic E-state index is 0.120. The maximum Gasteiger partial charge on any atom is 0.261 e. The summed E-state index contributed by atoms with van der Waals surface area (Å²) in [6.45, 7) is 5.75. The number of carbonyl (C=O) groups excluding carboxylic acids is 1. The van der Waals surface area contributed by atoms with Crippen LogP contribution < -0.4 is 15.6 Å². The summed E-state index contributed by atoms with van der Waals surface area (Å²) in [7, 11) is 2.13. The quantitative estimate of drug-likeness (QED) is 0.482. The number of fused-ring (bicyclic) bond motifs is 1. The molecule has 1 saturated heterocycles. The second kappa shape index (κ2) is 12.0. The van der Waals surface area contributed by atoms with Crippen molar-refractivity contribution in [3.8, 4) is 5.75 Å². The first kappa shape index (κ1) is 24.9. The van der Waals surface area contributed by atoms with E-state index in [1.807, 2.05) is 43.3 Å². The number of nitrogens with zero attached hydrogens (tertiary/aromatic N) is 3. The summed E-state index contributed by atoms with van der Waals surface area (Å²) in [5.74, 6) is 0.673. The number of para-hydroxylation sites is 1. The van der Waals surface area contributed by atoms with E-state index in [2.05, 4.69) is 22.2 Å². The molecule has 0 spiro atoms. The van der Waals surface area contributed by atoms with Crippen molar-refractivity contribution < 1.29 is 14.3 Å². The third kappa shape index (κ3) is 6.68. The Labute approximate surface area is 205 Å². The number of hydrogen-bond donors (Lipinski definition) is 1. The molecular weight excluding hydrogens is 444 g/mol. The number of aryl methyl sites for hydroxylation is 2. The highest BCUT2D eigenvalue weighted by atomic mass is 16.5. The van der Waals surface area contributed by atoms with E-state index in [9.17, 15) is 9.59 Å². The van der Waals surface area contributed by atoms with Gasteiger partial charge in [0, 0.05) is 45.3 Å². The maximum absolute atomic E-state index is 12.7. The second-order valence-electron chi connectivity index (χ2n) is 9.06. The predicted molar refractivity (Wildman–Crippen MR) is 136 cm³/mol. The van der Waals surface area contributed by atoms with E-state index in [-0.39, 0.29) is 24.4 Å². The minimum atomic E-state index is -0.126. The van der Waals surface area contributed by atoms with Gasteiger partial charge in [-0.15, -0.1) is 0 Å². The lowest BCUT2D eigenvalue weighted by Gasteiger charge is -2.31. The Hall–Kier alpha value is -3.23. The molecule has 2 heterocycles. The van der Waals surface area contributed by atoms with Crippen molar-refractivity contribution in [1.82, 2.24) is 19.8 Å². The van der Waals surface area contributed by atoms with Gasteiger partial charge in [0.2, 0.25) is 5.91 Å². The molecule has 0 unspecified atom stereocenters. The fourth-order valence-electron chi connectivity index (χ4n) is 4.37. The molecule has 1 aliphatic rings. The molecule has 1 N–H and O–H groups in total. The summed E-state index contributed by atoms with van der Waals surface area (Å²) in [6, 6.07) is 13.9. The Balaban J connectivity index is 1.23. The highest BCUT2D eigenvalue weighted by Gasteiger charge is 2.18. The van der Waals surface area contributed by atoms with Crippen molar-refractivity contribution in [2.45, 2.75) is 45.3 Å². The minimum Gasteiger partial charge on any atom is -0.492 e. The number of hydrogen-bond acceptors (Lipinski definition) is 6. The van der Waals surface area contributed by atoms with E-state index < -0.39 is 0 Å². The molecule has 8 nitrogen and oxygen atoms in total. The van der Waals surface area contributed by atoms with Crippen molar-refractivity contribution in [3.63, 3.8) is 0 Å². The number of likely N-dealkylation sites (N-methyl/N-ethyl adjacent to an activating group) is 1. The fraction of sp³-hybridized carbons (Fsp3) is 0.444. The van der Waals surface area contributed by atoms with Crippen LogP contribution in [0.5, 0.6) is 5.75 Å². The molecule has 8 heteroatoms. The van der Waals surface area contributed by atoms with Crippen LogP contribution in [0, 0.1) is 6.92 Å². The lowest BCUT2D eigenvalue weighted by atomic mass is 10.1. The Morgan fingerprint density at radius 3 is 2.86 bits per heavy atom. The summed E-state index contributed by atoms with van der Waals surface area (Å²) in [6.07, 6.45) is 3.85. The molecule has 3 aromatic rings. The maximum atomic E-state index is 12.7.